The van der Waals surface area contributed by atoms with Crippen molar-refractivity contribution in [3.63, 3.8) is 0 Å². The molecule has 6 heteroatoms. The van der Waals surface area contributed by atoms with Gasteiger partial charge in [0.2, 0.25) is 0 Å². The minimum Gasteiger partial charge on any atom is -0.486 e. The average Bonchev–Trinajstić information content (AvgIpc) is 2.41. The van der Waals surface area contributed by atoms with Gasteiger partial charge in [0.1, 0.15) is 19.3 Å². The molecule has 0 amide bonds. The number of aliphatic hydroxyl groups is 1. The third-order valence-corrected chi connectivity index (χ3v) is 2.14. The maximum Gasteiger partial charge on any atom is 0.316 e. The number of rotatable bonds is 9. The van der Waals surface area contributed by atoms with E-state index in [4.69, 9.17) is 9.47 Å². The lowest BCUT2D eigenvalue weighted by Gasteiger charge is -2.14. The average molecular weight is 267 g/mol. The highest BCUT2D eigenvalue weighted by atomic mass is 16.5. The van der Waals surface area contributed by atoms with Gasteiger partial charge in [-0.1, -0.05) is 26.5 Å². The lowest BCUT2D eigenvalue weighted by molar-refractivity contribution is 0.0991. The highest BCUT2D eigenvalue weighted by Gasteiger charge is 2.07. The Kier molecular flexibility index (Phi) is 6.84. The summed E-state index contributed by atoms with van der Waals surface area (Å²) in [6, 6.07) is 0.543. The van der Waals surface area contributed by atoms with Crippen molar-refractivity contribution in [1.29, 1.82) is 0 Å². The van der Waals surface area contributed by atoms with E-state index in [0.29, 0.717) is 24.9 Å². The van der Waals surface area contributed by atoms with E-state index in [9.17, 15) is 5.11 Å². The Hall–Kier alpha value is -1.66. The summed E-state index contributed by atoms with van der Waals surface area (Å²) in [6.07, 6.45) is 4.08. The fraction of sp³-hybridized carbons (Fsp3) is 0.538. The van der Waals surface area contributed by atoms with E-state index in [1.165, 1.54) is 12.4 Å². The van der Waals surface area contributed by atoms with Gasteiger partial charge in [-0.05, 0) is 0 Å². The van der Waals surface area contributed by atoms with Gasteiger partial charge in [0.25, 0.3) is 0 Å². The predicted octanol–water partition coefficient (Wildman–Crippen LogP) is 0.779. The van der Waals surface area contributed by atoms with Gasteiger partial charge in [0, 0.05) is 12.6 Å². The van der Waals surface area contributed by atoms with Crippen molar-refractivity contribution in [2.45, 2.75) is 26.0 Å². The highest BCUT2D eigenvalue weighted by Crippen LogP contribution is 2.09. The van der Waals surface area contributed by atoms with Crippen LogP contribution in [0.4, 0.5) is 0 Å². The van der Waals surface area contributed by atoms with Crippen LogP contribution in [0.5, 0.6) is 11.8 Å². The first kappa shape index (κ1) is 15.4. The molecule has 6 nitrogen and oxygen atoms in total. The molecule has 19 heavy (non-hydrogen) atoms. The Morgan fingerprint density at radius 2 is 2.05 bits per heavy atom. The summed E-state index contributed by atoms with van der Waals surface area (Å²) >= 11 is 0. The Labute approximate surface area is 113 Å². The van der Waals surface area contributed by atoms with Crippen molar-refractivity contribution in [2.24, 2.45) is 0 Å². The fourth-order valence-electron chi connectivity index (χ4n) is 1.21. The van der Waals surface area contributed by atoms with Gasteiger partial charge < -0.3 is 19.9 Å². The van der Waals surface area contributed by atoms with Crippen LogP contribution in [0.2, 0.25) is 0 Å². The summed E-state index contributed by atoms with van der Waals surface area (Å²) in [4.78, 5) is 7.95. The minimum atomic E-state index is -0.595. The molecular weight excluding hydrogens is 246 g/mol. The van der Waals surface area contributed by atoms with E-state index in [-0.39, 0.29) is 12.6 Å². The van der Waals surface area contributed by atoms with Crippen molar-refractivity contribution < 1.29 is 14.6 Å². The number of ether oxygens (including phenoxy) is 2. The summed E-state index contributed by atoms with van der Waals surface area (Å²) in [5.74, 6) is 0.550. The van der Waals surface area contributed by atoms with Gasteiger partial charge in [-0.25, -0.2) is 0 Å². The van der Waals surface area contributed by atoms with E-state index in [0.717, 1.165) is 0 Å². The quantitative estimate of drug-likeness (QED) is 0.644. The van der Waals surface area contributed by atoms with Crippen LogP contribution in [0, 0.1) is 0 Å². The van der Waals surface area contributed by atoms with E-state index in [1.54, 1.807) is 6.08 Å². The first-order valence-electron chi connectivity index (χ1n) is 6.21. The molecule has 0 saturated heterocycles. The molecule has 1 heterocycles. The molecule has 106 valence electrons. The topological polar surface area (TPSA) is 76.5 Å². The predicted molar refractivity (Wildman–Crippen MR) is 72.4 cm³/mol. The van der Waals surface area contributed by atoms with Crippen LogP contribution >= 0.6 is 0 Å². The Morgan fingerprint density at radius 3 is 2.63 bits per heavy atom. The van der Waals surface area contributed by atoms with E-state index in [2.05, 4.69) is 21.9 Å². The molecule has 0 spiro atoms. The summed E-state index contributed by atoms with van der Waals surface area (Å²) in [5, 5.41) is 12.8. The summed E-state index contributed by atoms with van der Waals surface area (Å²) in [7, 11) is 0. The molecule has 1 aromatic heterocycles. The number of nitrogens with one attached hydrogen (secondary N) is 1. The van der Waals surface area contributed by atoms with E-state index >= 15 is 0 Å². The third kappa shape index (κ3) is 6.73. The monoisotopic (exact) mass is 267 g/mol. The number of nitrogens with zero attached hydrogens (tertiary/aromatic N) is 2. The van der Waals surface area contributed by atoms with Crippen LogP contribution in [0.3, 0.4) is 0 Å². The maximum atomic E-state index is 9.65. The molecule has 1 aromatic rings. The number of hydrogen-bond donors (Lipinski definition) is 2. The second kappa shape index (κ2) is 8.44. The molecule has 0 radical (unpaired) electrons. The summed E-state index contributed by atoms with van der Waals surface area (Å²) in [6.45, 7) is 8.59. The van der Waals surface area contributed by atoms with Gasteiger partial charge in [-0.3, -0.25) is 0 Å². The fourth-order valence-corrected chi connectivity index (χ4v) is 1.21. The van der Waals surface area contributed by atoms with Crippen LogP contribution in [0.25, 0.3) is 0 Å². The molecule has 0 aliphatic carbocycles. The summed E-state index contributed by atoms with van der Waals surface area (Å²) < 4.78 is 10.5. The first-order valence-corrected chi connectivity index (χ1v) is 6.21. The first-order chi connectivity index (χ1) is 9.11. The van der Waals surface area contributed by atoms with Crippen molar-refractivity contribution in [2.75, 3.05) is 19.8 Å². The summed E-state index contributed by atoms with van der Waals surface area (Å²) in [5.41, 5.74) is 0. The van der Waals surface area contributed by atoms with Crippen LogP contribution in [0.15, 0.2) is 25.0 Å². The van der Waals surface area contributed by atoms with Gasteiger partial charge >= 0.3 is 6.01 Å². The van der Waals surface area contributed by atoms with Gasteiger partial charge in [0.15, 0.2) is 5.75 Å². The second-order valence-electron chi connectivity index (χ2n) is 4.33. The normalized spacial score (nSPS) is 12.2. The second-order valence-corrected chi connectivity index (χ2v) is 4.33. The Bertz CT molecular complexity index is 368. The van der Waals surface area contributed by atoms with Gasteiger partial charge in [-0.2, -0.15) is 9.97 Å². The van der Waals surface area contributed by atoms with Gasteiger partial charge in [-0.15, -0.1) is 0 Å². The Balaban J connectivity index is 2.30. The van der Waals surface area contributed by atoms with E-state index in [1.807, 2.05) is 13.8 Å². The zero-order valence-electron chi connectivity index (χ0n) is 11.4. The number of aromatic nitrogens is 2. The minimum absolute atomic E-state index is 0.145. The standard InChI is InChI=1S/C13H21N3O3/c1-4-5-18-12-7-15-13(16-8-12)19-9-11(17)6-14-10(2)3/h4,7-8,10-11,14,17H,1,5-6,9H2,2-3H3. The van der Waals surface area contributed by atoms with E-state index < -0.39 is 6.10 Å². The van der Waals surface area contributed by atoms with Crippen molar-refractivity contribution in [1.82, 2.24) is 15.3 Å². The molecule has 0 saturated carbocycles. The maximum absolute atomic E-state index is 9.65. The zero-order valence-corrected chi connectivity index (χ0v) is 11.4. The molecule has 1 atom stereocenters. The number of hydrogen-bond acceptors (Lipinski definition) is 6. The molecule has 0 aliphatic rings. The molecular formula is C13H21N3O3. The van der Waals surface area contributed by atoms with Crippen molar-refractivity contribution >= 4 is 0 Å². The molecule has 1 unspecified atom stereocenters. The van der Waals surface area contributed by atoms with Crippen molar-refractivity contribution in [3.05, 3.63) is 25.0 Å². The third-order valence-electron chi connectivity index (χ3n) is 2.14. The molecule has 2 N–H and O–H groups in total. The van der Waals surface area contributed by atoms with Crippen LogP contribution in [-0.2, 0) is 0 Å². The van der Waals surface area contributed by atoms with Crippen molar-refractivity contribution in [3.8, 4) is 11.8 Å². The largest absolute Gasteiger partial charge is 0.486 e. The SMILES string of the molecule is C=CCOc1cnc(OCC(O)CNC(C)C)nc1. The van der Waals surface area contributed by atoms with Crippen LogP contribution in [0.1, 0.15) is 13.8 Å². The molecule has 0 bridgehead atoms. The lowest BCUT2D eigenvalue weighted by atomic mass is 10.3. The molecule has 0 aromatic carbocycles. The van der Waals surface area contributed by atoms with Crippen LogP contribution in [-0.4, -0.2) is 47.0 Å². The van der Waals surface area contributed by atoms with Crippen LogP contribution < -0.4 is 14.8 Å². The lowest BCUT2D eigenvalue weighted by Crippen LogP contribution is -2.35. The molecule has 0 fully saturated rings. The zero-order chi connectivity index (χ0) is 14.1. The van der Waals surface area contributed by atoms with Gasteiger partial charge in [0.05, 0.1) is 12.4 Å². The Morgan fingerprint density at radius 1 is 1.37 bits per heavy atom. The smallest absolute Gasteiger partial charge is 0.316 e. The molecule has 1 rings (SSSR count). The highest BCUT2D eigenvalue weighted by molar-refractivity contribution is 5.14. The number of aliphatic hydroxyl groups excluding tert-OH is 1. The molecule has 0 aliphatic heterocycles.